The lowest BCUT2D eigenvalue weighted by molar-refractivity contribution is 0.670. The van der Waals surface area contributed by atoms with Gasteiger partial charge in [-0.05, 0) is 106 Å². The SMILES string of the molecule is Cc1c(-c2ccc(-c3ccc4cc(-c5cccc6c5oc5ccccc56)ccc4c3)cc2)nc2c(ccc3c(C)c(C)c(-c4cccc5ccccc45)nc32)c1C. The molecule has 3 nitrogen and oxygen atoms in total. The summed E-state index contributed by atoms with van der Waals surface area (Å²) in [5.41, 5.74) is 17.5. The largest absolute Gasteiger partial charge is 0.455 e. The molecule has 0 fully saturated rings. The molecule has 3 aromatic heterocycles. The number of rotatable bonds is 4. The zero-order valence-corrected chi connectivity index (χ0v) is 32.3. The Morgan fingerprint density at radius 1 is 0.351 bits per heavy atom. The second-order valence-corrected chi connectivity index (χ2v) is 15.4. The topological polar surface area (TPSA) is 38.9 Å². The number of hydrogen-bond acceptors (Lipinski definition) is 3. The van der Waals surface area contributed by atoms with E-state index in [4.69, 9.17) is 14.4 Å². The second kappa shape index (κ2) is 12.7. The minimum Gasteiger partial charge on any atom is -0.455 e. The van der Waals surface area contributed by atoms with Gasteiger partial charge in [-0.3, -0.25) is 0 Å². The van der Waals surface area contributed by atoms with Gasteiger partial charge in [0.25, 0.3) is 0 Å². The van der Waals surface area contributed by atoms with Gasteiger partial charge >= 0.3 is 0 Å². The number of benzene rings is 8. The molecule has 11 rings (SSSR count). The highest BCUT2D eigenvalue weighted by Gasteiger charge is 2.19. The number of furan rings is 1. The van der Waals surface area contributed by atoms with Crippen LogP contribution in [0, 0.1) is 27.7 Å². The van der Waals surface area contributed by atoms with Gasteiger partial charge in [-0.2, -0.15) is 0 Å². The van der Waals surface area contributed by atoms with Crippen molar-refractivity contribution in [2.75, 3.05) is 0 Å². The van der Waals surface area contributed by atoms with E-state index in [2.05, 4.69) is 173 Å². The van der Waals surface area contributed by atoms with Crippen molar-refractivity contribution in [1.29, 1.82) is 0 Å². The molecule has 0 saturated heterocycles. The summed E-state index contributed by atoms with van der Waals surface area (Å²) in [7, 11) is 0. The lowest BCUT2D eigenvalue weighted by Gasteiger charge is -2.17. The van der Waals surface area contributed by atoms with Crippen LogP contribution in [-0.2, 0) is 0 Å². The quantitative estimate of drug-likeness (QED) is 0.169. The Morgan fingerprint density at radius 2 is 0.895 bits per heavy atom. The smallest absolute Gasteiger partial charge is 0.143 e. The fourth-order valence-electron chi connectivity index (χ4n) is 8.92. The first kappa shape index (κ1) is 33.3. The van der Waals surface area contributed by atoms with Crippen LogP contribution in [0.1, 0.15) is 22.3 Å². The molecule has 0 aliphatic heterocycles. The average Bonchev–Trinajstić information content (AvgIpc) is 3.64. The molecule has 0 unspecified atom stereocenters. The number of para-hydroxylation sites is 2. The normalized spacial score (nSPS) is 11.9. The van der Waals surface area contributed by atoms with Gasteiger partial charge in [-0.15, -0.1) is 0 Å². The van der Waals surface area contributed by atoms with Gasteiger partial charge < -0.3 is 4.42 Å². The van der Waals surface area contributed by atoms with Crippen molar-refractivity contribution < 1.29 is 4.42 Å². The maximum absolute atomic E-state index is 6.36. The Labute approximate surface area is 330 Å². The number of hydrogen-bond donors (Lipinski definition) is 0. The van der Waals surface area contributed by atoms with Gasteiger partial charge in [-0.1, -0.05) is 140 Å². The molecule has 3 heteroatoms. The molecule has 3 heterocycles. The summed E-state index contributed by atoms with van der Waals surface area (Å²) in [4.78, 5) is 10.9. The fourth-order valence-corrected chi connectivity index (χ4v) is 8.92. The molecule has 8 aromatic carbocycles. The Morgan fingerprint density at radius 3 is 1.67 bits per heavy atom. The number of fused-ring (bicyclic) bond motifs is 8. The summed E-state index contributed by atoms with van der Waals surface area (Å²) in [6.07, 6.45) is 0. The molecule has 0 aliphatic carbocycles. The summed E-state index contributed by atoms with van der Waals surface area (Å²) in [6.45, 7) is 8.82. The summed E-state index contributed by atoms with van der Waals surface area (Å²) >= 11 is 0. The van der Waals surface area contributed by atoms with Crippen molar-refractivity contribution in [3.63, 3.8) is 0 Å². The predicted octanol–water partition coefficient (Wildman–Crippen LogP) is 14.9. The van der Waals surface area contributed by atoms with Crippen molar-refractivity contribution in [2.45, 2.75) is 27.7 Å². The lowest BCUT2D eigenvalue weighted by atomic mass is 9.93. The molecule has 0 bridgehead atoms. The van der Waals surface area contributed by atoms with Crippen LogP contribution in [0.4, 0.5) is 0 Å². The molecule has 0 N–H and O–H groups in total. The minimum absolute atomic E-state index is 0.917. The van der Waals surface area contributed by atoms with Crippen LogP contribution >= 0.6 is 0 Å². The molecule has 0 amide bonds. The molecule has 0 saturated carbocycles. The molecular weight excluding hydrogens is 693 g/mol. The maximum atomic E-state index is 6.36. The Bertz CT molecular complexity index is 3440. The van der Waals surface area contributed by atoms with Gasteiger partial charge in [0.2, 0.25) is 0 Å². The Kier molecular flexibility index (Phi) is 7.42. The third kappa shape index (κ3) is 5.19. The van der Waals surface area contributed by atoms with Gasteiger partial charge in [0, 0.05) is 38.2 Å². The molecular formula is C54H38N2O. The first-order valence-electron chi connectivity index (χ1n) is 19.7. The van der Waals surface area contributed by atoms with Crippen LogP contribution in [0.3, 0.4) is 0 Å². The molecule has 0 aliphatic rings. The van der Waals surface area contributed by atoms with Gasteiger partial charge in [0.15, 0.2) is 0 Å². The molecule has 0 radical (unpaired) electrons. The van der Waals surface area contributed by atoms with Crippen LogP contribution in [0.5, 0.6) is 0 Å². The van der Waals surface area contributed by atoms with E-state index in [0.717, 1.165) is 77.4 Å². The van der Waals surface area contributed by atoms with Gasteiger partial charge in [0.05, 0.1) is 22.4 Å². The number of nitrogens with zero attached hydrogens (tertiary/aromatic N) is 2. The minimum atomic E-state index is 0.917. The number of aryl methyl sites for hydroxylation is 2. The van der Waals surface area contributed by atoms with E-state index in [-0.39, 0.29) is 0 Å². The lowest BCUT2D eigenvalue weighted by Crippen LogP contribution is -2.00. The van der Waals surface area contributed by atoms with Crippen molar-refractivity contribution >= 4 is 65.3 Å². The van der Waals surface area contributed by atoms with Crippen molar-refractivity contribution in [3.05, 3.63) is 180 Å². The molecule has 57 heavy (non-hydrogen) atoms. The summed E-state index contributed by atoms with van der Waals surface area (Å²) in [5, 5.41) is 9.41. The molecule has 0 spiro atoms. The second-order valence-electron chi connectivity index (χ2n) is 15.4. The highest BCUT2D eigenvalue weighted by molar-refractivity contribution is 6.11. The first-order valence-corrected chi connectivity index (χ1v) is 19.7. The van der Waals surface area contributed by atoms with Gasteiger partial charge in [-0.25, -0.2) is 9.97 Å². The maximum Gasteiger partial charge on any atom is 0.143 e. The van der Waals surface area contributed by atoms with E-state index in [1.165, 1.54) is 54.9 Å². The van der Waals surface area contributed by atoms with Gasteiger partial charge in [0.1, 0.15) is 11.2 Å². The van der Waals surface area contributed by atoms with Crippen LogP contribution in [0.15, 0.2) is 162 Å². The highest BCUT2D eigenvalue weighted by atomic mass is 16.3. The Balaban J connectivity index is 0.970. The van der Waals surface area contributed by atoms with E-state index in [1.807, 2.05) is 12.1 Å². The summed E-state index contributed by atoms with van der Waals surface area (Å²) in [6, 6.07) is 56.5. The first-order chi connectivity index (χ1) is 27.9. The third-order valence-electron chi connectivity index (χ3n) is 12.3. The zero-order valence-electron chi connectivity index (χ0n) is 32.3. The van der Waals surface area contributed by atoms with Crippen molar-refractivity contribution in [1.82, 2.24) is 9.97 Å². The van der Waals surface area contributed by atoms with Crippen LogP contribution in [0.2, 0.25) is 0 Å². The van der Waals surface area contributed by atoms with Crippen LogP contribution < -0.4 is 0 Å². The standard InChI is InChI=1S/C54H38N2O/c1-31-33(3)50(55-52-42(31)27-28-43-32(2)34(4)51(56-53(43)52)47-16-9-12-36-11-5-6-13-44(36)47)37-21-19-35(20-22-37)38-23-24-40-30-41(26-25-39(40)29-38)45-15-10-17-48-46-14-7-8-18-49(46)57-54(45)48/h5-30H,1-4H3. The third-order valence-corrected chi connectivity index (χ3v) is 12.3. The fraction of sp³-hybridized carbons (Fsp3) is 0.0741. The van der Waals surface area contributed by atoms with Crippen LogP contribution in [-0.4, -0.2) is 9.97 Å². The van der Waals surface area contributed by atoms with E-state index < -0.39 is 0 Å². The van der Waals surface area contributed by atoms with E-state index in [0.29, 0.717) is 0 Å². The van der Waals surface area contributed by atoms with E-state index in [1.54, 1.807) is 0 Å². The number of aromatic nitrogens is 2. The molecule has 11 aromatic rings. The van der Waals surface area contributed by atoms with Crippen molar-refractivity contribution in [3.8, 4) is 44.8 Å². The average molecular weight is 731 g/mol. The highest BCUT2D eigenvalue weighted by Crippen LogP contribution is 2.40. The van der Waals surface area contributed by atoms with Crippen LogP contribution in [0.25, 0.3) is 110 Å². The monoisotopic (exact) mass is 730 g/mol. The molecule has 270 valence electrons. The molecule has 0 atom stereocenters. The number of pyridine rings is 2. The predicted molar refractivity (Wildman–Crippen MR) is 240 cm³/mol. The Hall–Kier alpha value is -7.10. The van der Waals surface area contributed by atoms with E-state index in [9.17, 15) is 0 Å². The van der Waals surface area contributed by atoms with E-state index >= 15 is 0 Å². The summed E-state index contributed by atoms with van der Waals surface area (Å²) in [5.74, 6) is 0. The zero-order chi connectivity index (χ0) is 38.4. The van der Waals surface area contributed by atoms with Crippen molar-refractivity contribution in [2.24, 2.45) is 0 Å². The summed E-state index contributed by atoms with van der Waals surface area (Å²) < 4.78 is 6.36.